The van der Waals surface area contributed by atoms with Crippen LogP contribution in [0.1, 0.15) is 0 Å². The van der Waals surface area contributed by atoms with Crippen molar-refractivity contribution in [2.24, 2.45) is 0 Å². The molecular formula is C10H9BrOS2. The third-order valence-electron chi connectivity index (χ3n) is 2.01. The monoisotopic (exact) mass is 288 g/mol. The van der Waals surface area contributed by atoms with Gasteiger partial charge in [0.25, 0.3) is 0 Å². The number of rotatable bonds is 2. The normalized spacial score (nSPS) is 10.8. The quantitative estimate of drug-likeness (QED) is 0.758. The maximum absolute atomic E-state index is 5.33. The summed E-state index contributed by atoms with van der Waals surface area (Å²) in [7, 11) is 1.72. The zero-order valence-electron chi connectivity index (χ0n) is 7.83. The average Bonchev–Trinajstić information content (AvgIpc) is 2.59. The van der Waals surface area contributed by atoms with Gasteiger partial charge in [-0.25, -0.2) is 0 Å². The topological polar surface area (TPSA) is 9.23 Å². The lowest BCUT2D eigenvalue weighted by Crippen LogP contribution is -1.81. The molecule has 1 aromatic heterocycles. The van der Waals surface area contributed by atoms with Gasteiger partial charge < -0.3 is 4.74 Å². The highest BCUT2D eigenvalue weighted by Gasteiger charge is 2.09. The molecule has 0 spiro atoms. The molecule has 0 aliphatic carbocycles. The summed E-state index contributed by atoms with van der Waals surface area (Å²) in [5, 5.41) is 3.28. The van der Waals surface area contributed by atoms with Crippen LogP contribution in [-0.4, -0.2) is 13.4 Å². The van der Waals surface area contributed by atoms with Gasteiger partial charge in [0.05, 0.1) is 7.11 Å². The van der Waals surface area contributed by atoms with Gasteiger partial charge in [-0.15, -0.1) is 23.1 Å². The summed E-state index contributed by atoms with van der Waals surface area (Å²) in [6.07, 6.45) is 2.08. The standard InChI is InChI=1S/C10H9BrOS2/c1-12-7-5-14-9-4-6(11)3-8(13-2)10(7)9/h3-5H,1-2H3. The van der Waals surface area contributed by atoms with E-state index in [0.717, 1.165) is 10.2 Å². The van der Waals surface area contributed by atoms with Gasteiger partial charge in [0.2, 0.25) is 0 Å². The molecular weight excluding hydrogens is 280 g/mol. The summed E-state index contributed by atoms with van der Waals surface area (Å²) < 4.78 is 7.72. The highest BCUT2D eigenvalue weighted by Crippen LogP contribution is 2.40. The third kappa shape index (κ3) is 1.66. The van der Waals surface area contributed by atoms with Crippen molar-refractivity contribution in [1.29, 1.82) is 0 Å². The number of thioether (sulfide) groups is 1. The lowest BCUT2D eigenvalue weighted by molar-refractivity contribution is 0.421. The molecule has 0 N–H and O–H groups in total. The summed E-state index contributed by atoms with van der Waals surface area (Å²) >= 11 is 6.96. The van der Waals surface area contributed by atoms with Crippen LogP contribution in [-0.2, 0) is 0 Å². The number of benzene rings is 1. The molecule has 74 valence electrons. The van der Waals surface area contributed by atoms with E-state index in [4.69, 9.17) is 4.74 Å². The van der Waals surface area contributed by atoms with Crippen LogP contribution in [0.4, 0.5) is 0 Å². The smallest absolute Gasteiger partial charge is 0.138 e. The molecule has 0 bridgehead atoms. The molecule has 2 aromatic rings. The molecule has 0 aliphatic heterocycles. The van der Waals surface area contributed by atoms with Gasteiger partial charge in [-0.1, -0.05) is 15.9 Å². The van der Waals surface area contributed by atoms with E-state index in [1.807, 2.05) is 0 Å². The molecule has 1 nitrogen and oxygen atoms in total. The number of fused-ring (bicyclic) bond motifs is 1. The van der Waals surface area contributed by atoms with Crippen molar-refractivity contribution in [3.63, 3.8) is 0 Å². The summed E-state index contributed by atoms with van der Waals surface area (Å²) in [6, 6.07) is 4.25. The van der Waals surface area contributed by atoms with E-state index >= 15 is 0 Å². The van der Waals surface area contributed by atoms with Gasteiger partial charge in [0.1, 0.15) is 5.75 Å². The Bertz CT molecular complexity index is 464. The molecule has 0 atom stereocenters. The molecule has 0 saturated carbocycles. The zero-order valence-corrected chi connectivity index (χ0v) is 11.1. The van der Waals surface area contributed by atoms with Gasteiger partial charge in [-0.3, -0.25) is 0 Å². The number of methoxy groups -OCH3 is 1. The van der Waals surface area contributed by atoms with E-state index in [9.17, 15) is 0 Å². The molecule has 1 aromatic carbocycles. The summed E-state index contributed by atoms with van der Waals surface area (Å²) in [6.45, 7) is 0. The molecule has 1 heterocycles. The van der Waals surface area contributed by atoms with E-state index in [0.29, 0.717) is 0 Å². The number of hydrogen-bond acceptors (Lipinski definition) is 3. The van der Waals surface area contributed by atoms with Crippen LogP contribution in [0, 0.1) is 0 Å². The fraction of sp³-hybridized carbons (Fsp3) is 0.200. The van der Waals surface area contributed by atoms with Gasteiger partial charge in [-0.2, -0.15) is 0 Å². The Labute approximate surface area is 99.6 Å². The van der Waals surface area contributed by atoms with E-state index in [2.05, 4.69) is 39.7 Å². The predicted octanol–water partition coefficient (Wildman–Crippen LogP) is 4.39. The second kappa shape index (κ2) is 4.13. The molecule has 14 heavy (non-hydrogen) atoms. The van der Waals surface area contributed by atoms with Crippen molar-refractivity contribution in [2.45, 2.75) is 4.90 Å². The lowest BCUT2D eigenvalue weighted by Gasteiger charge is -2.03. The maximum atomic E-state index is 5.33. The minimum absolute atomic E-state index is 0.974. The van der Waals surface area contributed by atoms with E-state index < -0.39 is 0 Å². The first-order valence-electron chi connectivity index (χ1n) is 4.05. The Morgan fingerprint density at radius 1 is 1.43 bits per heavy atom. The largest absolute Gasteiger partial charge is 0.495 e. The fourth-order valence-corrected chi connectivity index (χ4v) is 3.84. The van der Waals surface area contributed by atoms with Crippen LogP contribution in [0.15, 0.2) is 26.9 Å². The predicted molar refractivity (Wildman–Crippen MR) is 67.9 cm³/mol. The molecule has 0 saturated heterocycles. The molecule has 4 heteroatoms. The highest BCUT2D eigenvalue weighted by molar-refractivity contribution is 9.10. The van der Waals surface area contributed by atoms with Crippen molar-refractivity contribution in [3.05, 3.63) is 22.0 Å². The van der Waals surface area contributed by atoms with Crippen molar-refractivity contribution in [2.75, 3.05) is 13.4 Å². The minimum atomic E-state index is 0.974. The molecule has 2 rings (SSSR count). The van der Waals surface area contributed by atoms with Gasteiger partial charge in [-0.05, 0) is 18.4 Å². The maximum Gasteiger partial charge on any atom is 0.138 e. The number of hydrogen-bond donors (Lipinski definition) is 0. The van der Waals surface area contributed by atoms with Crippen LogP contribution in [0.3, 0.4) is 0 Å². The Kier molecular flexibility index (Phi) is 3.04. The van der Waals surface area contributed by atoms with Crippen molar-refractivity contribution < 1.29 is 4.74 Å². The Hall–Kier alpha value is -0.190. The van der Waals surface area contributed by atoms with Gasteiger partial charge in [0.15, 0.2) is 0 Å². The van der Waals surface area contributed by atoms with Crippen LogP contribution >= 0.6 is 39.0 Å². The second-order valence-electron chi connectivity index (χ2n) is 2.79. The van der Waals surface area contributed by atoms with Crippen LogP contribution in [0.5, 0.6) is 5.75 Å². The Balaban J connectivity index is 2.78. The molecule has 0 unspecified atom stereocenters. The molecule has 0 radical (unpaired) electrons. The molecule has 0 fully saturated rings. The van der Waals surface area contributed by atoms with Gasteiger partial charge in [0, 0.05) is 24.8 Å². The summed E-state index contributed by atoms with van der Waals surface area (Å²) in [4.78, 5) is 1.26. The highest BCUT2D eigenvalue weighted by atomic mass is 79.9. The number of halogens is 1. The first-order valence-corrected chi connectivity index (χ1v) is 6.94. The minimum Gasteiger partial charge on any atom is -0.495 e. The van der Waals surface area contributed by atoms with E-state index in [-0.39, 0.29) is 0 Å². The van der Waals surface area contributed by atoms with E-state index in [1.165, 1.54) is 15.0 Å². The van der Waals surface area contributed by atoms with Crippen LogP contribution < -0.4 is 4.74 Å². The fourth-order valence-electron chi connectivity index (χ4n) is 1.38. The average molecular weight is 289 g/mol. The first kappa shape index (κ1) is 10.3. The molecule has 0 amide bonds. The lowest BCUT2D eigenvalue weighted by atomic mass is 10.2. The summed E-state index contributed by atoms with van der Waals surface area (Å²) in [5.41, 5.74) is 0. The Morgan fingerprint density at radius 3 is 2.86 bits per heavy atom. The third-order valence-corrected chi connectivity index (χ3v) is 4.14. The van der Waals surface area contributed by atoms with Crippen molar-refractivity contribution in [3.8, 4) is 5.75 Å². The van der Waals surface area contributed by atoms with Crippen molar-refractivity contribution in [1.82, 2.24) is 0 Å². The van der Waals surface area contributed by atoms with Gasteiger partial charge >= 0.3 is 0 Å². The zero-order chi connectivity index (χ0) is 10.1. The van der Waals surface area contributed by atoms with Crippen LogP contribution in [0.25, 0.3) is 10.1 Å². The SMILES string of the molecule is COc1csc2cc(Br)cc(SC)c12. The first-order chi connectivity index (χ1) is 6.76. The number of thiophene rings is 1. The Morgan fingerprint density at radius 2 is 2.21 bits per heavy atom. The second-order valence-corrected chi connectivity index (χ2v) is 5.46. The van der Waals surface area contributed by atoms with Crippen molar-refractivity contribution >= 4 is 49.1 Å². The van der Waals surface area contributed by atoms with E-state index in [1.54, 1.807) is 30.2 Å². The molecule has 0 aliphatic rings. The summed E-state index contributed by atoms with van der Waals surface area (Å²) in [5.74, 6) is 0.974. The number of ether oxygens (including phenoxy) is 1. The van der Waals surface area contributed by atoms with Crippen LogP contribution in [0.2, 0.25) is 0 Å².